The number of carbonyl (C=O) groups is 2. The minimum Gasteiger partial charge on any atom is -0.331 e. The van der Waals surface area contributed by atoms with E-state index in [4.69, 9.17) is 0 Å². The SMILES string of the molecule is Cc1cccc2sc(NC(=O)[C@@H](C)N3CCCCCC3=O)nc12. The Morgan fingerprint density at radius 2 is 2.17 bits per heavy atom. The highest BCUT2D eigenvalue weighted by Gasteiger charge is 2.27. The third-order valence-corrected chi connectivity index (χ3v) is 5.24. The summed E-state index contributed by atoms with van der Waals surface area (Å²) in [4.78, 5) is 30.8. The first-order valence-corrected chi connectivity index (χ1v) is 8.84. The summed E-state index contributed by atoms with van der Waals surface area (Å²) < 4.78 is 1.05. The van der Waals surface area contributed by atoms with E-state index in [1.165, 1.54) is 11.3 Å². The van der Waals surface area contributed by atoms with Gasteiger partial charge in [0, 0.05) is 13.0 Å². The molecule has 2 amide bonds. The lowest BCUT2D eigenvalue weighted by atomic mass is 10.2. The number of anilines is 1. The quantitative estimate of drug-likeness (QED) is 0.938. The maximum Gasteiger partial charge on any atom is 0.248 e. The van der Waals surface area contributed by atoms with Gasteiger partial charge < -0.3 is 10.2 Å². The molecular formula is C17H21N3O2S. The number of rotatable bonds is 3. The van der Waals surface area contributed by atoms with Crippen LogP contribution < -0.4 is 5.32 Å². The van der Waals surface area contributed by atoms with Gasteiger partial charge in [-0.05, 0) is 38.3 Å². The second kappa shape index (κ2) is 6.66. The summed E-state index contributed by atoms with van der Waals surface area (Å²) in [5, 5.41) is 3.46. The molecule has 3 rings (SSSR count). The lowest BCUT2D eigenvalue weighted by Gasteiger charge is -2.26. The highest BCUT2D eigenvalue weighted by molar-refractivity contribution is 7.22. The summed E-state index contributed by atoms with van der Waals surface area (Å²) in [6.45, 7) is 4.45. The first-order valence-electron chi connectivity index (χ1n) is 8.03. The van der Waals surface area contributed by atoms with Gasteiger partial charge in [0.25, 0.3) is 0 Å². The van der Waals surface area contributed by atoms with Crippen molar-refractivity contribution in [2.24, 2.45) is 0 Å². The van der Waals surface area contributed by atoms with Crippen molar-refractivity contribution in [1.82, 2.24) is 9.88 Å². The van der Waals surface area contributed by atoms with Crippen LogP contribution in [0.1, 0.15) is 38.2 Å². The molecule has 1 aliphatic heterocycles. The van der Waals surface area contributed by atoms with Crippen LogP contribution in [0.2, 0.25) is 0 Å². The second-order valence-electron chi connectivity index (χ2n) is 6.00. The molecule has 1 atom stereocenters. The summed E-state index contributed by atoms with van der Waals surface area (Å²) in [5.41, 5.74) is 2.02. The molecule has 23 heavy (non-hydrogen) atoms. The fourth-order valence-electron chi connectivity index (χ4n) is 2.90. The van der Waals surface area contributed by atoms with Crippen LogP contribution in [0.5, 0.6) is 0 Å². The Hall–Kier alpha value is -1.95. The Kier molecular flexibility index (Phi) is 4.61. The van der Waals surface area contributed by atoms with Gasteiger partial charge in [0.1, 0.15) is 6.04 Å². The number of aryl methyl sites for hydroxylation is 1. The van der Waals surface area contributed by atoms with Gasteiger partial charge in [-0.15, -0.1) is 0 Å². The average Bonchev–Trinajstić information content (AvgIpc) is 2.81. The van der Waals surface area contributed by atoms with Crippen molar-refractivity contribution >= 4 is 38.5 Å². The van der Waals surface area contributed by atoms with Crippen LogP contribution in [0, 0.1) is 6.92 Å². The third kappa shape index (κ3) is 3.37. The highest BCUT2D eigenvalue weighted by Crippen LogP contribution is 2.28. The number of fused-ring (bicyclic) bond motifs is 1. The largest absolute Gasteiger partial charge is 0.331 e. The predicted molar refractivity (Wildman–Crippen MR) is 92.6 cm³/mol. The van der Waals surface area contributed by atoms with Crippen molar-refractivity contribution in [1.29, 1.82) is 0 Å². The Balaban J connectivity index is 1.74. The zero-order valence-corrected chi connectivity index (χ0v) is 14.3. The molecule has 0 bridgehead atoms. The molecule has 5 nitrogen and oxygen atoms in total. The highest BCUT2D eigenvalue weighted by atomic mass is 32.1. The van der Waals surface area contributed by atoms with Crippen LogP contribution in [-0.2, 0) is 9.59 Å². The van der Waals surface area contributed by atoms with Crippen LogP contribution in [0.25, 0.3) is 10.2 Å². The zero-order valence-electron chi connectivity index (χ0n) is 13.5. The number of hydrogen-bond acceptors (Lipinski definition) is 4. The molecule has 1 fully saturated rings. The first-order chi connectivity index (χ1) is 11.1. The number of likely N-dealkylation sites (tertiary alicyclic amines) is 1. The summed E-state index contributed by atoms with van der Waals surface area (Å²) in [6, 6.07) is 5.53. The lowest BCUT2D eigenvalue weighted by molar-refractivity contribution is -0.137. The number of thiazole rings is 1. The molecule has 0 radical (unpaired) electrons. The van der Waals surface area contributed by atoms with Gasteiger partial charge in [-0.2, -0.15) is 0 Å². The molecule has 1 saturated heterocycles. The van der Waals surface area contributed by atoms with Gasteiger partial charge in [0.15, 0.2) is 5.13 Å². The van der Waals surface area contributed by atoms with Gasteiger partial charge in [-0.1, -0.05) is 29.9 Å². The van der Waals surface area contributed by atoms with Crippen LogP contribution in [0.4, 0.5) is 5.13 Å². The van der Waals surface area contributed by atoms with Gasteiger partial charge >= 0.3 is 0 Å². The predicted octanol–water partition coefficient (Wildman–Crippen LogP) is 3.33. The molecule has 0 saturated carbocycles. The van der Waals surface area contributed by atoms with E-state index in [0.29, 0.717) is 18.1 Å². The van der Waals surface area contributed by atoms with Crippen LogP contribution in [0.15, 0.2) is 18.2 Å². The number of amides is 2. The standard InChI is InChI=1S/C17H21N3O2S/c1-11-7-6-8-13-15(11)18-17(23-13)19-16(22)12(2)20-10-5-3-4-9-14(20)21/h6-8,12H,3-5,9-10H2,1-2H3,(H,18,19,22)/t12-/m1/s1. The molecule has 1 aromatic heterocycles. The number of carbonyl (C=O) groups excluding carboxylic acids is 2. The molecule has 1 aliphatic rings. The first kappa shape index (κ1) is 15.9. The van der Waals surface area contributed by atoms with Gasteiger partial charge in [-0.25, -0.2) is 4.98 Å². The Morgan fingerprint density at radius 1 is 1.35 bits per heavy atom. The van der Waals surface area contributed by atoms with Crippen molar-refractivity contribution < 1.29 is 9.59 Å². The molecule has 2 heterocycles. The maximum absolute atomic E-state index is 12.5. The van der Waals surface area contributed by atoms with Gasteiger partial charge in [0.2, 0.25) is 11.8 Å². The molecule has 0 aliphatic carbocycles. The maximum atomic E-state index is 12.5. The number of nitrogens with zero attached hydrogens (tertiary/aromatic N) is 2. The average molecular weight is 331 g/mol. The molecule has 2 aromatic rings. The van der Waals surface area contributed by atoms with Crippen molar-refractivity contribution in [3.05, 3.63) is 23.8 Å². The van der Waals surface area contributed by atoms with Crippen LogP contribution in [0.3, 0.4) is 0 Å². The number of nitrogens with one attached hydrogen (secondary N) is 1. The summed E-state index contributed by atoms with van der Waals surface area (Å²) in [7, 11) is 0. The normalized spacial score (nSPS) is 17.1. The Bertz CT molecular complexity index is 741. The van der Waals surface area contributed by atoms with Crippen LogP contribution in [-0.4, -0.2) is 34.3 Å². The molecule has 6 heteroatoms. The molecule has 1 aromatic carbocycles. The van der Waals surface area contributed by atoms with Crippen molar-refractivity contribution in [3.8, 4) is 0 Å². The minimum atomic E-state index is -0.464. The lowest BCUT2D eigenvalue weighted by Crippen LogP contribution is -2.45. The molecule has 0 unspecified atom stereocenters. The zero-order chi connectivity index (χ0) is 16.4. The number of benzene rings is 1. The van der Waals surface area contributed by atoms with Crippen molar-refractivity contribution in [2.75, 3.05) is 11.9 Å². The van der Waals surface area contributed by atoms with Crippen molar-refractivity contribution in [2.45, 2.75) is 45.6 Å². The van der Waals surface area contributed by atoms with E-state index in [0.717, 1.165) is 35.0 Å². The molecule has 1 N–H and O–H groups in total. The summed E-state index contributed by atoms with van der Waals surface area (Å²) >= 11 is 1.46. The van der Waals surface area contributed by atoms with E-state index >= 15 is 0 Å². The monoisotopic (exact) mass is 331 g/mol. The number of hydrogen-bond donors (Lipinski definition) is 1. The fraction of sp³-hybridized carbons (Fsp3) is 0.471. The smallest absolute Gasteiger partial charge is 0.248 e. The third-order valence-electron chi connectivity index (χ3n) is 4.31. The van der Waals surface area contributed by atoms with E-state index in [1.54, 1.807) is 11.8 Å². The summed E-state index contributed by atoms with van der Waals surface area (Å²) in [5.74, 6) is -0.0951. The Labute approximate surface area is 139 Å². The van der Waals surface area contributed by atoms with E-state index in [2.05, 4.69) is 10.3 Å². The molecule has 0 spiro atoms. The number of aromatic nitrogens is 1. The van der Waals surface area contributed by atoms with E-state index < -0.39 is 6.04 Å². The topological polar surface area (TPSA) is 62.3 Å². The number of para-hydroxylation sites is 1. The van der Waals surface area contributed by atoms with E-state index in [9.17, 15) is 9.59 Å². The van der Waals surface area contributed by atoms with E-state index in [1.807, 2.05) is 25.1 Å². The molecule has 122 valence electrons. The van der Waals surface area contributed by atoms with Gasteiger partial charge in [-0.3, -0.25) is 9.59 Å². The fourth-order valence-corrected chi connectivity index (χ4v) is 3.85. The Morgan fingerprint density at radius 3 is 2.96 bits per heavy atom. The van der Waals surface area contributed by atoms with E-state index in [-0.39, 0.29) is 11.8 Å². The minimum absolute atomic E-state index is 0.0743. The molecular weight excluding hydrogens is 310 g/mol. The van der Waals surface area contributed by atoms with Crippen LogP contribution >= 0.6 is 11.3 Å². The summed E-state index contributed by atoms with van der Waals surface area (Å²) in [6.07, 6.45) is 3.47. The second-order valence-corrected chi connectivity index (χ2v) is 7.03. The van der Waals surface area contributed by atoms with Gasteiger partial charge in [0.05, 0.1) is 10.2 Å². The van der Waals surface area contributed by atoms with Crippen molar-refractivity contribution in [3.63, 3.8) is 0 Å².